The number of ether oxygens (including phenoxy) is 1. The Labute approximate surface area is 95.3 Å². The van der Waals surface area contributed by atoms with E-state index in [4.69, 9.17) is 11.6 Å². The molecule has 0 aromatic heterocycles. The molecule has 0 bridgehead atoms. The van der Waals surface area contributed by atoms with E-state index in [0.717, 1.165) is 0 Å². The minimum absolute atomic E-state index is 0.0493. The van der Waals surface area contributed by atoms with E-state index >= 15 is 0 Å². The fraction of sp³-hybridized carbons (Fsp3) is 0.143. The number of alkyl halides is 2. The standard InChI is InChI=1S/C7H3Br2ClF2O/c8-3-1-2-4(13-7(11)12)6(10)5(3)9/h1-2,7H. The Morgan fingerprint density at radius 2 is 1.92 bits per heavy atom. The minimum Gasteiger partial charge on any atom is -0.433 e. The number of hydrogen-bond acceptors (Lipinski definition) is 1. The van der Waals surface area contributed by atoms with E-state index in [-0.39, 0.29) is 10.8 Å². The van der Waals surface area contributed by atoms with Crippen molar-refractivity contribution in [1.82, 2.24) is 0 Å². The van der Waals surface area contributed by atoms with Crippen molar-refractivity contribution < 1.29 is 13.5 Å². The lowest BCUT2D eigenvalue weighted by Gasteiger charge is -2.08. The molecule has 6 heteroatoms. The average molecular weight is 336 g/mol. The number of rotatable bonds is 2. The summed E-state index contributed by atoms with van der Waals surface area (Å²) >= 11 is 12.0. The van der Waals surface area contributed by atoms with Crippen LogP contribution in [0.15, 0.2) is 21.1 Å². The van der Waals surface area contributed by atoms with Gasteiger partial charge in [0, 0.05) is 4.47 Å². The molecule has 0 N–H and O–H groups in total. The molecule has 1 aromatic rings. The highest BCUT2D eigenvalue weighted by molar-refractivity contribution is 9.13. The van der Waals surface area contributed by atoms with Crippen molar-refractivity contribution in [2.24, 2.45) is 0 Å². The predicted molar refractivity (Wildman–Crippen MR) is 53.5 cm³/mol. The van der Waals surface area contributed by atoms with Gasteiger partial charge in [-0.25, -0.2) is 0 Å². The van der Waals surface area contributed by atoms with Crippen LogP contribution in [0, 0.1) is 0 Å². The highest BCUT2D eigenvalue weighted by Crippen LogP contribution is 2.37. The van der Waals surface area contributed by atoms with E-state index in [1.165, 1.54) is 6.07 Å². The molecule has 0 fully saturated rings. The molecule has 0 spiro atoms. The Balaban J connectivity index is 3.04. The summed E-state index contributed by atoms with van der Waals surface area (Å²) in [5, 5.41) is 0.120. The summed E-state index contributed by atoms with van der Waals surface area (Å²) in [5.41, 5.74) is 0. The summed E-state index contributed by atoms with van der Waals surface area (Å²) in [6.45, 7) is -2.87. The minimum atomic E-state index is -2.87. The molecule has 0 atom stereocenters. The molecule has 0 amide bonds. The van der Waals surface area contributed by atoms with Crippen LogP contribution in [0.2, 0.25) is 5.02 Å². The summed E-state index contributed by atoms with van der Waals surface area (Å²) in [4.78, 5) is 0. The molecule has 1 aromatic carbocycles. The van der Waals surface area contributed by atoms with Crippen LogP contribution in [0.25, 0.3) is 0 Å². The van der Waals surface area contributed by atoms with Crippen molar-refractivity contribution in [2.75, 3.05) is 0 Å². The van der Waals surface area contributed by atoms with Crippen molar-refractivity contribution in [3.63, 3.8) is 0 Å². The van der Waals surface area contributed by atoms with Crippen molar-refractivity contribution in [3.05, 3.63) is 26.1 Å². The average Bonchev–Trinajstić information content (AvgIpc) is 2.06. The van der Waals surface area contributed by atoms with Gasteiger partial charge in [-0.15, -0.1) is 0 Å². The van der Waals surface area contributed by atoms with Gasteiger partial charge in [0.25, 0.3) is 0 Å². The lowest BCUT2D eigenvalue weighted by Crippen LogP contribution is -2.02. The first-order valence-electron chi connectivity index (χ1n) is 3.10. The quantitative estimate of drug-likeness (QED) is 0.724. The van der Waals surface area contributed by atoms with E-state index in [1.807, 2.05) is 0 Å². The summed E-state index contributed by atoms with van der Waals surface area (Å²) in [5.74, 6) is -0.0493. The lowest BCUT2D eigenvalue weighted by molar-refractivity contribution is -0.0498. The zero-order valence-electron chi connectivity index (χ0n) is 6.03. The van der Waals surface area contributed by atoms with Crippen LogP contribution in [0.5, 0.6) is 5.75 Å². The Hall–Kier alpha value is 0.130. The molecule has 0 unspecified atom stereocenters. The monoisotopic (exact) mass is 334 g/mol. The predicted octanol–water partition coefficient (Wildman–Crippen LogP) is 4.47. The van der Waals surface area contributed by atoms with Crippen LogP contribution in [-0.4, -0.2) is 6.61 Å². The Kier molecular flexibility index (Phi) is 3.94. The van der Waals surface area contributed by atoms with Gasteiger partial charge in [0.1, 0.15) is 5.75 Å². The second-order valence-corrected chi connectivity index (χ2v) is 4.08. The van der Waals surface area contributed by atoms with Crippen molar-refractivity contribution in [1.29, 1.82) is 0 Å². The van der Waals surface area contributed by atoms with Gasteiger partial charge in [-0.1, -0.05) is 11.6 Å². The molecule has 0 aliphatic rings. The van der Waals surface area contributed by atoms with Crippen LogP contribution in [0.1, 0.15) is 0 Å². The van der Waals surface area contributed by atoms with Gasteiger partial charge in [0.05, 0.1) is 9.50 Å². The van der Waals surface area contributed by atoms with Gasteiger partial charge in [-0.05, 0) is 44.0 Å². The van der Waals surface area contributed by atoms with Gasteiger partial charge in [0.2, 0.25) is 0 Å². The van der Waals surface area contributed by atoms with Crippen molar-refractivity contribution >= 4 is 43.5 Å². The van der Waals surface area contributed by atoms with E-state index in [2.05, 4.69) is 36.6 Å². The molecule has 0 aliphatic carbocycles. The molecule has 13 heavy (non-hydrogen) atoms. The normalized spacial score (nSPS) is 10.6. The number of benzene rings is 1. The molecule has 0 radical (unpaired) electrons. The molecular weight excluding hydrogens is 333 g/mol. The Morgan fingerprint density at radius 3 is 2.46 bits per heavy atom. The molecule has 1 rings (SSSR count). The van der Waals surface area contributed by atoms with Crippen LogP contribution >= 0.6 is 43.5 Å². The molecule has 0 heterocycles. The SMILES string of the molecule is FC(F)Oc1ccc(Br)c(Br)c1Cl. The first-order chi connectivity index (χ1) is 6.02. The third-order valence-electron chi connectivity index (χ3n) is 1.22. The van der Waals surface area contributed by atoms with E-state index in [1.54, 1.807) is 6.07 Å². The van der Waals surface area contributed by atoms with E-state index in [0.29, 0.717) is 8.95 Å². The topological polar surface area (TPSA) is 9.23 Å². The smallest absolute Gasteiger partial charge is 0.387 e. The first-order valence-corrected chi connectivity index (χ1v) is 5.07. The fourth-order valence-electron chi connectivity index (χ4n) is 0.695. The summed E-state index contributed by atoms with van der Waals surface area (Å²) in [6, 6.07) is 2.93. The van der Waals surface area contributed by atoms with Crippen molar-refractivity contribution in [3.8, 4) is 5.75 Å². The zero-order chi connectivity index (χ0) is 10.0. The summed E-state index contributed by atoms with van der Waals surface area (Å²) < 4.78 is 29.0. The first kappa shape index (κ1) is 11.2. The maximum atomic E-state index is 11.8. The maximum absolute atomic E-state index is 11.8. The third kappa shape index (κ3) is 2.79. The van der Waals surface area contributed by atoms with E-state index in [9.17, 15) is 8.78 Å². The Morgan fingerprint density at radius 1 is 1.31 bits per heavy atom. The molecular formula is C7H3Br2ClF2O. The molecule has 0 saturated heterocycles. The third-order valence-corrected chi connectivity index (χ3v) is 3.84. The van der Waals surface area contributed by atoms with E-state index < -0.39 is 6.61 Å². The summed E-state index contributed by atoms with van der Waals surface area (Å²) in [6.07, 6.45) is 0. The summed E-state index contributed by atoms with van der Waals surface area (Å²) in [7, 11) is 0. The van der Waals surface area contributed by atoms with Gasteiger partial charge < -0.3 is 4.74 Å². The molecule has 0 aliphatic heterocycles. The zero-order valence-corrected chi connectivity index (χ0v) is 9.96. The van der Waals surface area contributed by atoms with Crippen molar-refractivity contribution in [2.45, 2.75) is 6.61 Å². The van der Waals surface area contributed by atoms with Crippen LogP contribution in [0.4, 0.5) is 8.78 Å². The molecule has 72 valence electrons. The second-order valence-electron chi connectivity index (χ2n) is 2.05. The van der Waals surface area contributed by atoms with Gasteiger partial charge in [-0.3, -0.25) is 0 Å². The fourth-order valence-corrected chi connectivity index (χ4v) is 1.68. The Bertz CT molecular complexity index is 320. The highest BCUT2D eigenvalue weighted by atomic mass is 79.9. The molecule has 1 nitrogen and oxygen atoms in total. The highest BCUT2D eigenvalue weighted by Gasteiger charge is 2.12. The maximum Gasteiger partial charge on any atom is 0.387 e. The van der Waals surface area contributed by atoms with Gasteiger partial charge >= 0.3 is 6.61 Å². The second kappa shape index (κ2) is 4.57. The largest absolute Gasteiger partial charge is 0.433 e. The van der Waals surface area contributed by atoms with Gasteiger partial charge in [-0.2, -0.15) is 8.78 Å². The van der Waals surface area contributed by atoms with Gasteiger partial charge in [0.15, 0.2) is 0 Å². The number of hydrogen-bond donors (Lipinski definition) is 0. The lowest BCUT2D eigenvalue weighted by atomic mass is 10.3. The van der Waals surface area contributed by atoms with Crippen LogP contribution in [0.3, 0.4) is 0 Å². The molecule has 0 saturated carbocycles. The van der Waals surface area contributed by atoms with Crippen LogP contribution in [-0.2, 0) is 0 Å². The number of halogens is 5. The van der Waals surface area contributed by atoms with Crippen LogP contribution < -0.4 is 4.74 Å².